The minimum absolute atomic E-state index is 0.176. The van der Waals surface area contributed by atoms with Gasteiger partial charge in [0.25, 0.3) is 0 Å². The number of hydrogen-bond acceptors (Lipinski definition) is 4. The zero-order valence-corrected chi connectivity index (χ0v) is 8.96. The highest BCUT2D eigenvalue weighted by Gasteiger charge is 2.48. The Hall–Kier alpha value is -1.24. The molecule has 0 rings (SSSR count). The number of hydrogen-bond donors (Lipinski definition) is 4. The van der Waals surface area contributed by atoms with Crippen LogP contribution in [-0.2, 0) is 18.9 Å². The number of rotatable bonds is 7. The molecule has 0 aromatic rings. The molecular weight excluding hydrogens is 243 g/mol. The summed E-state index contributed by atoms with van der Waals surface area (Å²) in [5.74, 6) is -2.95. The number of aliphatic carboxylic acids is 2. The molecule has 0 saturated heterocycles. The Morgan fingerprint density at radius 3 is 1.94 bits per heavy atom. The van der Waals surface area contributed by atoms with Gasteiger partial charge in [-0.05, 0) is 6.42 Å². The molecular formula is C7H11O8P. The molecule has 1 unspecified atom stereocenters. The average molecular weight is 254 g/mol. The highest BCUT2D eigenvalue weighted by atomic mass is 31.2. The monoisotopic (exact) mass is 254 g/mol. The molecule has 0 aromatic heterocycles. The fourth-order valence-corrected chi connectivity index (χ4v) is 1.97. The van der Waals surface area contributed by atoms with Crippen LogP contribution in [0.15, 0.2) is 0 Å². The van der Waals surface area contributed by atoms with E-state index in [9.17, 15) is 18.9 Å². The van der Waals surface area contributed by atoms with Crippen LogP contribution in [0, 0.1) is 0 Å². The summed E-state index contributed by atoms with van der Waals surface area (Å²) in [6, 6.07) is 0. The van der Waals surface area contributed by atoms with Gasteiger partial charge in [0.05, 0.1) is 6.42 Å². The summed E-state index contributed by atoms with van der Waals surface area (Å²) < 4.78 is 11.0. The third kappa shape index (κ3) is 3.73. The highest BCUT2D eigenvalue weighted by Crippen LogP contribution is 2.53. The molecule has 0 aliphatic heterocycles. The van der Waals surface area contributed by atoms with Crippen molar-refractivity contribution in [3.05, 3.63) is 0 Å². The standard InChI is InChI=1S/C7H11O8P/c8-4-7(3-6(11)12,16(13,14)15)2-1-5(9)10/h4H,1-3H2,(H,9,10)(H,11,12)(H2,13,14,15). The summed E-state index contributed by atoms with van der Waals surface area (Å²) in [4.78, 5) is 49.2. The van der Waals surface area contributed by atoms with Crippen LogP contribution in [0.2, 0.25) is 0 Å². The first-order valence-corrected chi connectivity index (χ1v) is 5.71. The van der Waals surface area contributed by atoms with Gasteiger partial charge in [-0.15, -0.1) is 0 Å². The predicted molar refractivity (Wildman–Crippen MR) is 50.0 cm³/mol. The molecule has 16 heavy (non-hydrogen) atoms. The van der Waals surface area contributed by atoms with Crippen LogP contribution < -0.4 is 0 Å². The van der Waals surface area contributed by atoms with E-state index in [1.807, 2.05) is 0 Å². The van der Waals surface area contributed by atoms with Crippen LogP contribution in [0.4, 0.5) is 0 Å². The van der Waals surface area contributed by atoms with Crippen LogP contribution in [-0.4, -0.2) is 43.4 Å². The van der Waals surface area contributed by atoms with Gasteiger partial charge in [0.2, 0.25) is 0 Å². The van der Waals surface area contributed by atoms with E-state index in [-0.39, 0.29) is 6.29 Å². The number of carbonyl (C=O) groups excluding carboxylic acids is 1. The number of carboxylic acids is 2. The van der Waals surface area contributed by atoms with E-state index >= 15 is 0 Å². The molecule has 0 spiro atoms. The lowest BCUT2D eigenvalue weighted by atomic mass is 10.00. The maximum Gasteiger partial charge on any atom is 0.339 e. The van der Waals surface area contributed by atoms with Crippen LogP contribution in [0.1, 0.15) is 19.3 Å². The molecule has 8 nitrogen and oxygen atoms in total. The van der Waals surface area contributed by atoms with E-state index < -0.39 is 44.0 Å². The summed E-state index contributed by atoms with van der Waals surface area (Å²) in [5.41, 5.74) is 0. The molecule has 92 valence electrons. The number of aldehydes is 1. The Balaban J connectivity index is 5.12. The Morgan fingerprint density at radius 2 is 1.69 bits per heavy atom. The van der Waals surface area contributed by atoms with E-state index in [1.165, 1.54) is 0 Å². The maximum atomic E-state index is 11.0. The summed E-state index contributed by atoms with van der Waals surface area (Å²) in [6.07, 6.45) is -2.70. The largest absolute Gasteiger partial charge is 0.481 e. The van der Waals surface area contributed by atoms with Crippen molar-refractivity contribution in [3.63, 3.8) is 0 Å². The van der Waals surface area contributed by atoms with Crippen molar-refractivity contribution >= 4 is 25.8 Å². The second-order valence-electron chi connectivity index (χ2n) is 3.23. The van der Waals surface area contributed by atoms with E-state index in [2.05, 4.69) is 0 Å². The minimum atomic E-state index is -5.03. The lowest BCUT2D eigenvalue weighted by molar-refractivity contribution is -0.140. The Labute approximate surface area is 90.1 Å². The van der Waals surface area contributed by atoms with Crippen molar-refractivity contribution < 1.29 is 38.9 Å². The second kappa shape index (κ2) is 5.20. The lowest BCUT2D eigenvalue weighted by Crippen LogP contribution is -2.34. The molecule has 0 radical (unpaired) electrons. The molecule has 0 aromatic carbocycles. The second-order valence-corrected chi connectivity index (χ2v) is 5.21. The molecule has 0 amide bonds. The van der Waals surface area contributed by atoms with Crippen molar-refractivity contribution in [2.24, 2.45) is 0 Å². The SMILES string of the molecule is O=CC(CCC(=O)O)(CC(=O)O)P(=O)(O)O. The van der Waals surface area contributed by atoms with Gasteiger partial charge >= 0.3 is 19.5 Å². The fraction of sp³-hybridized carbons (Fsp3) is 0.571. The lowest BCUT2D eigenvalue weighted by Gasteiger charge is -2.26. The summed E-state index contributed by atoms with van der Waals surface area (Å²) >= 11 is 0. The zero-order chi connectivity index (χ0) is 13.0. The Morgan fingerprint density at radius 1 is 1.19 bits per heavy atom. The van der Waals surface area contributed by atoms with Crippen LogP contribution >= 0.6 is 7.60 Å². The first-order chi connectivity index (χ1) is 7.14. The maximum absolute atomic E-state index is 11.0. The molecule has 1 atom stereocenters. The van der Waals surface area contributed by atoms with Gasteiger partial charge in [0.1, 0.15) is 11.4 Å². The summed E-state index contributed by atoms with van der Waals surface area (Å²) in [6.45, 7) is 0. The van der Waals surface area contributed by atoms with Crippen molar-refractivity contribution in [2.75, 3.05) is 0 Å². The number of carboxylic acid groups (broad SMARTS) is 2. The molecule has 0 bridgehead atoms. The number of carbonyl (C=O) groups is 3. The van der Waals surface area contributed by atoms with E-state index in [4.69, 9.17) is 20.0 Å². The molecule has 0 fully saturated rings. The first kappa shape index (κ1) is 14.8. The van der Waals surface area contributed by atoms with Crippen LogP contribution in [0.25, 0.3) is 0 Å². The average Bonchev–Trinajstić information content (AvgIpc) is 2.09. The van der Waals surface area contributed by atoms with E-state index in [0.717, 1.165) is 0 Å². The van der Waals surface area contributed by atoms with Crippen molar-refractivity contribution in [1.82, 2.24) is 0 Å². The van der Waals surface area contributed by atoms with Gasteiger partial charge in [-0.2, -0.15) is 0 Å². The zero-order valence-electron chi connectivity index (χ0n) is 8.07. The molecule has 0 heterocycles. The minimum Gasteiger partial charge on any atom is -0.481 e. The molecule has 0 saturated carbocycles. The third-order valence-electron chi connectivity index (χ3n) is 2.03. The highest BCUT2D eigenvalue weighted by molar-refractivity contribution is 7.54. The smallest absolute Gasteiger partial charge is 0.339 e. The van der Waals surface area contributed by atoms with Gasteiger partial charge in [-0.25, -0.2) is 0 Å². The molecule has 0 aliphatic carbocycles. The first-order valence-electron chi connectivity index (χ1n) is 4.10. The third-order valence-corrected chi connectivity index (χ3v) is 3.68. The molecule has 9 heteroatoms. The van der Waals surface area contributed by atoms with Crippen molar-refractivity contribution in [3.8, 4) is 0 Å². The van der Waals surface area contributed by atoms with Gasteiger partial charge in [-0.3, -0.25) is 14.2 Å². The normalized spacial score (nSPS) is 15.1. The van der Waals surface area contributed by atoms with Crippen molar-refractivity contribution in [1.29, 1.82) is 0 Å². The van der Waals surface area contributed by atoms with Gasteiger partial charge in [0, 0.05) is 6.42 Å². The molecule has 0 aliphatic rings. The van der Waals surface area contributed by atoms with Crippen molar-refractivity contribution in [2.45, 2.75) is 24.4 Å². The summed E-state index contributed by atoms with van der Waals surface area (Å²) in [7, 11) is -5.03. The summed E-state index contributed by atoms with van der Waals surface area (Å²) in [5, 5.41) is 14.4. The topological polar surface area (TPSA) is 149 Å². The van der Waals surface area contributed by atoms with Gasteiger partial charge in [0.15, 0.2) is 0 Å². The van der Waals surface area contributed by atoms with E-state index in [1.54, 1.807) is 0 Å². The van der Waals surface area contributed by atoms with Crippen LogP contribution in [0.3, 0.4) is 0 Å². The fourth-order valence-electron chi connectivity index (χ4n) is 1.09. The van der Waals surface area contributed by atoms with E-state index in [0.29, 0.717) is 0 Å². The molecule has 4 N–H and O–H groups in total. The van der Waals surface area contributed by atoms with Gasteiger partial charge < -0.3 is 24.8 Å². The Bertz CT molecular complexity index is 344. The quantitative estimate of drug-likeness (QED) is 0.349. The van der Waals surface area contributed by atoms with Gasteiger partial charge in [-0.1, -0.05) is 0 Å². The Kier molecular flexibility index (Phi) is 4.80. The predicted octanol–water partition coefficient (Wildman–Crippen LogP) is -0.559. The van der Waals surface area contributed by atoms with Crippen LogP contribution in [0.5, 0.6) is 0 Å².